The maximum Gasteiger partial charge on any atom is 0.159 e. The number of nitrogens with zero attached hydrogens (tertiary/aromatic N) is 2. The Hall–Kier alpha value is -0.430. The van der Waals surface area contributed by atoms with Crippen molar-refractivity contribution in [3.8, 4) is 0 Å². The summed E-state index contributed by atoms with van der Waals surface area (Å²) in [5.74, 6) is 0. The second-order valence-electron chi connectivity index (χ2n) is 4.53. The molecule has 0 bridgehead atoms. The predicted octanol–water partition coefficient (Wildman–Crippen LogP) is 1.61. The van der Waals surface area contributed by atoms with Crippen molar-refractivity contribution >= 4 is 15.9 Å². The topological polar surface area (TPSA) is 62.3 Å². The van der Waals surface area contributed by atoms with Gasteiger partial charge in [0.25, 0.3) is 0 Å². The van der Waals surface area contributed by atoms with E-state index < -0.39 is 0 Å². The highest BCUT2D eigenvalue weighted by Crippen LogP contribution is 2.23. The van der Waals surface area contributed by atoms with Gasteiger partial charge in [0.1, 0.15) is 0 Å². The van der Waals surface area contributed by atoms with Crippen LogP contribution < -0.4 is 5.73 Å². The second kappa shape index (κ2) is 6.14. The quantitative estimate of drug-likeness (QED) is 0.896. The average molecular weight is 318 g/mol. The van der Waals surface area contributed by atoms with E-state index in [1.54, 1.807) is 0 Å². The van der Waals surface area contributed by atoms with Gasteiger partial charge in [-0.15, -0.1) is 0 Å². The molecule has 2 N–H and O–H groups in total. The number of aromatic nitrogens is 2. The Morgan fingerprint density at radius 1 is 1.50 bits per heavy atom. The fourth-order valence-corrected chi connectivity index (χ4v) is 2.63. The van der Waals surface area contributed by atoms with Gasteiger partial charge in [0.15, 0.2) is 6.29 Å². The van der Waals surface area contributed by atoms with Crippen LogP contribution in [0.2, 0.25) is 0 Å². The third-order valence-corrected chi connectivity index (χ3v) is 4.13. The molecule has 1 saturated heterocycles. The molecule has 1 aromatic heterocycles. The van der Waals surface area contributed by atoms with Crippen molar-refractivity contribution in [3.63, 3.8) is 0 Å². The molecule has 6 heteroatoms. The zero-order valence-corrected chi connectivity index (χ0v) is 12.4. The van der Waals surface area contributed by atoms with E-state index in [-0.39, 0.29) is 12.3 Å². The Morgan fingerprint density at radius 2 is 2.17 bits per heavy atom. The number of rotatable bonds is 5. The van der Waals surface area contributed by atoms with Gasteiger partial charge in [0.2, 0.25) is 0 Å². The van der Waals surface area contributed by atoms with Gasteiger partial charge in [-0.2, -0.15) is 5.10 Å². The minimum atomic E-state index is -0.141. The fraction of sp³-hybridized carbons (Fsp3) is 0.750. The van der Waals surface area contributed by atoms with Crippen LogP contribution in [0.15, 0.2) is 4.47 Å². The van der Waals surface area contributed by atoms with Crippen LogP contribution in [0.5, 0.6) is 0 Å². The van der Waals surface area contributed by atoms with Crippen molar-refractivity contribution in [1.29, 1.82) is 0 Å². The SMILES string of the molecule is CCn1nc(C)c(Br)c1CC(N)CC1OCCO1. The number of halogens is 1. The zero-order chi connectivity index (χ0) is 13.1. The standard InChI is InChI=1S/C12H20BrN3O2/c1-3-16-10(12(13)8(2)15-16)6-9(14)7-11-17-4-5-18-11/h9,11H,3-7,14H2,1-2H3. The Labute approximate surface area is 116 Å². The second-order valence-corrected chi connectivity index (χ2v) is 5.33. The molecule has 1 aromatic rings. The monoisotopic (exact) mass is 317 g/mol. The minimum absolute atomic E-state index is 0.0193. The first-order valence-corrected chi connectivity index (χ1v) is 7.11. The molecule has 1 unspecified atom stereocenters. The Morgan fingerprint density at radius 3 is 2.78 bits per heavy atom. The highest BCUT2D eigenvalue weighted by molar-refractivity contribution is 9.10. The van der Waals surface area contributed by atoms with Gasteiger partial charge < -0.3 is 15.2 Å². The summed E-state index contributed by atoms with van der Waals surface area (Å²) in [5.41, 5.74) is 8.33. The van der Waals surface area contributed by atoms with Gasteiger partial charge in [-0.25, -0.2) is 0 Å². The first-order chi connectivity index (χ1) is 8.61. The largest absolute Gasteiger partial charge is 0.350 e. The lowest BCUT2D eigenvalue weighted by molar-refractivity contribution is -0.0505. The summed E-state index contributed by atoms with van der Waals surface area (Å²) in [7, 11) is 0. The molecule has 5 nitrogen and oxygen atoms in total. The van der Waals surface area contributed by atoms with Crippen LogP contribution in [0.3, 0.4) is 0 Å². The van der Waals surface area contributed by atoms with Crippen LogP contribution in [-0.4, -0.2) is 35.3 Å². The maximum atomic E-state index is 6.17. The van der Waals surface area contributed by atoms with Crippen LogP contribution in [0.1, 0.15) is 24.7 Å². The van der Waals surface area contributed by atoms with Crippen molar-refractivity contribution in [1.82, 2.24) is 9.78 Å². The van der Waals surface area contributed by atoms with E-state index in [1.807, 2.05) is 11.6 Å². The first kappa shape index (κ1) is 14.0. The molecule has 1 fully saturated rings. The van der Waals surface area contributed by atoms with E-state index in [4.69, 9.17) is 15.2 Å². The van der Waals surface area contributed by atoms with Crippen LogP contribution in [0.4, 0.5) is 0 Å². The van der Waals surface area contributed by atoms with Gasteiger partial charge in [-0.05, 0) is 29.8 Å². The highest BCUT2D eigenvalue weighted by atomic mass is 79.9. The molecule has 1 aliphatic rings. The minimum Gasteiger partial charge on any atom is -0.350 e. The summed E-state index contributed by atoms with van der Waals surface area (Å²) in [4.78, 5) is 0. The Bertz CT molecular complexity index is 402. The van der Waals surface area contributed by atoms with E-state index in [0.29, 0.717) is 13.2 Å². The number of aryl methyl sites for hydroxylation is 2. The number of ether oxygens (including phenoxy) is 2. The van der Waals surface area contributed by atoms with Crippen LogP contribution in [0.25, 0.3) is 0 Å². The van der Waals surface area contributed by atoms with Crippen molar-refractivity contribution in [2.24, 2.45) is 5.73 Å². The van der Waals surface area contributed by atoms with Gasteiger partial charge in [0, 0.05) is 25.4 Å². The lowest BCUT2D eigenvalue weighted by Crippen LogP contribution is -2.29. The summed E-state index contributed by atoms with van der Waals surface area (Å²) < 4.78 is 13.9. The molecule has 1 atom stereocenters. The molecule has 0 aromatic carbocycles. The molecular weight excluding hydrogens is 298 g/mol. The highest BCUT2D eigenvalue weighted by Gasteiger charge is 2.22. The van der Waals surface area contributed by atoms with Crippen LogP contribution >= 0.6 is 15.9 Å². The summed E-state index contributed by atoms with van der Waals surface area (Å²) in [5, 5.41) is 4.47. The summed E-state index contributed by atoms with van der Waals surface area (Å²) >= 11 is 3.58. The third-order valence-electron chi connectivity index (χ3n) is 3.09. The molecule has 0 amide bonds. The molecule has 2 heterocycles. The zero-order valence-electron chi connectivity index (χ0n) is 10.9. The molecule has 0 spiro atoms. The summed E-state index contributed by atoms with van der Waals surface area (Å²) in [6.07, 6.45) is 1.36. The molecule has 1 aliphatic heterocycles. The first-order valence-electron chi connectivity index (χ1n) is 6.32. The molecule has 2 rings (SSSR count). The summed E-state index contributed by atoms with van der Waals surface area (Å²) in [6, 6.07) is 0.0193. The maximum absolute atomic E-state index is 6.17. The summed E-state index contributed by atoms with van der Waals surface area (Å²) in [6.45, 7) is 6.27. The number of hydrogen-bond acceptors (Lipinski definition) is 4. The van der Waals surface area contributed by atoms with Crippen molar-refractivity contribution in [2.45, 2.75) is 45.6 Å². The fourth-order valence-electron chi connectivity index (χ4n) is 2.19. The molecular formula is C12H20BrN3O2. The average Bonchev–Trinajstić information content (AvgIpc) is 2.92. The predicted molar refractivity (Wildman–Crippen MR) is 72.3 cm³/mol. The normalized spacial score (nSPS) is 18.4. The smallest absolute Gasteiger partial charge is 0.159 e. The Kier molecular flexibility index (Phi) is 4.77. The molecule has 0 radical (unpaired) electrons. The van der Waals surface area contributed by atoms with Gasteiger partial charge in [-0.1, -0.05) is 0 Å². The van der Waals surface area contributed by atoms with Crippen molar-refractivity contribution < 1.29 is 9.47 Å². The molecule has 0 saturated carbocycles. The van der Waals surface area contributed by atoms with Gasteiger partial charge in [-0.3, -0.25) is 4.68 Å². The van der Waals surface area contributed by atoms with Crippen LogP contribution in [-0.2, 0) is 22.4 Å². The van der Waals surface area contributed by atoms with E-state index in [0.717, 1.165) is 35.2 Å². The Balaban J connectivity index is 1.99. The van der Waals surface area contributed by atoms with Crippen molar-refractivity contribution in [3.05, 3.63) is 15.9 Å². The van der Waals surface area contributed by atoms with E-state index >= 15 is 0 Å². The van der Waals surface area contributed by atoms with E-state index in [2.05, 4.69) is 28.0 Å². The number of hydrogen-bond donors (Lipinski definition) is 1. The molecule has 18 heavy (non-hydrogen) atoms. The van der Waals surface area contributed by atoms with Gasteiger partial charge in [0.05, 0.1) is 29.1 Å². The van der Waals surface area contributed by atoms with E-state index in [1.165, 1.54) is 0 Å². The molecule has 102 valence electrons. The number of nitrogens with two attached hydrogens (primary N) is 1. The molecule has 0 aliphatic carbocycles. The van der Waals surface area contributed by atoms with E-state index in [9.17, 15) is 0 Å². The lowest BCUT2D eigenvalue weighted by atomic mass is 10.1. The van der Waals surface area contributed by atoms with Gasteiger partial charge >= 0.3 is 0 Å². The van der Waals surface area contributed by atoms with Crippen molar-refractivity contribution in [2.75, 3.05) is 13.2 Å². The van der Waals surface area contributed by atoms with Crippen LogP contribution in [0, 0.1) is 6.92 Å². The third kappa shape index (κ3) is 3.12. The lowest BCUT2D eigenvalue weighted by Gasteiger charge is -2.16.